The fraction of sp³-hybridized carbons (Fsp3) is 0.0526. The first kappa shape index (κ1) is 16.6. The molecule has 2 heterocycles. The van der Waals surface area contributed by atoms with E-state index in [4.69, 9.17) is 17.0 Å². The van der Waals surface area contributed by atoms with Crippen LogP contribution in [0.4, 0.5) is 11.4 Å². The third-order valence-electron chi connectivity index (χ3n) is 3.97. The van der Waals surface area contributed by atoms with Crippen molar-refractivity contribution in [2.75, 3.05) is 12.5 Å². The first-order chi connectivity index (χ1) is 12.7. The van der Waals surface area contributed by atoms with Gasteiger partial charge in [-0.05, 0) is 48.6 Å². The van der Waals surface area contributed by atoms with Crippen molar-refractivity contribution < 1.29 is 9.84 Å². The van der Waals surface area contributed by atoms with Crippen LogP contribution in [0.25, 0.3) is 11.6 Å². The lowest BCUT2D eigenvalue weighted by Gasteiger charge is -2.08. The van der Waals surface area contributed by atoms with E-state index in [1.165, 1.54) is 16.0 Å². The summed E-state index contributed by atoms with van der Waals surface area (Å²) in [4.78, 5) is 5.07. The van der Waals surface area contributed by atoms with E-state index in [0.717, 1.165) is 28.3 Å². The molecule has 0 aliphatic carbocycles. The lowest BCUT2D eigenvalue weighted by atomic mass is 10.1. The number of aromatic nitrogens is 1. The Morgan fingerprint density at radius 2 is 2.04 bits per heavy atom. The number of fused-ring (bicyclic) bond motifs is 1. The first-order valence-corrected chi connectivity index (χ1v) is 9.09. The summed E-state index contributed by atoms with van der Waals surface area (Å²) >= 11 is 6.72. The van der Waals surface area contributed by atoms with Crippen LogP contribution in [0, 0.1) is 3.95 Å². The quantitative estimate of drug-likeness (QED) is 0.616. The van der Waals surface area contributed by atoms with E-state index in [1.807, 2.05) is 54.6 Å². The van der Waals surface area contributed by atoms with Gasteiger partial charge in [-0.1, -0.05) is 29.5 Å². The molecule has 1 aliphatic heterocycles. The van der Waals surface area contributed by atoms with Gasteiger partial charge in [0.15, 0.2) is 3.95 Å². The second-order valence-corrected chi connectivity index (χ2v) is 7.29. The molecule has 5 nitrogen and oxygen atoms in total. The number of hydrogen-bond donors (Lipinski definition) is 2. The Morgan fingerprint density at radius 1 is 1.23 bits per heavy atom. The number of aromatic hydroxyl groups is 1. The predicted octanol–water partition coefficient (Wildman–Crippen LogP) is 5.12. The number of benzene rings is 2. The molecule has 4 rings (SSSR count). The molecule has 26 heavy (non-hydrogen) atoms. The van der Waals surface area contributed by atoms with Crippen LogP contribution in [0.3, 0.4) is 0 Å². The molecular formula is C19H15N3O2S2. The second-order valence-electron chi connectivity index (χ2n) is 5.61. The van der Waals surface area contributed by atoms with E-state index < -0.39 is 0 Å². The molecule has 0 saturated heterocycles. The van der Waals surface area contributed by atoms with E-state index in [-0.39, 0.29) is 5.88 Å². The normalized spacial score (nSPS) is 13.8. The predicted molar refractivity (Wildman–Crippen MR) is 109 cm³/mol. The maximum absolute atomic E-state index is 10.6. The number of hydrogen-bond acceptors (Lipinski definition) is 6. The lowest BCUT2D eigenvalue weighted by molar-refractivity contribution is 0.415. The van der Waals surface area contributed by atoms with Gasteiger partial charge in [-0.2, -0.15) is 0 Å². The number of methoxy groups -OCH3 is 1. The molecule has 0 unspecified atom stereocenters. The van der Waals surface area contributed by atoms with Crippen LogP contribution in [0.2, 0.25) is 0 Å². The third-order valence-corrected chi connectivity index (χ3v) is 5.28. The summed E-state index contributed by atoms with van der Waals surface area (Å²) in [6.45, 7) is 0. The van der Waals surface area contributed by atoms with Crippen LogP contribution in [0.1, 0.15) is 10.4 Å². The smallest absolute Gasteiger partial charge is 0.230 e. The van der Waals surface area contributed by atoms with Crippen LogP contribution in [0.5, 0.6) is 11.6 Å². The molecule has 0 radical (unpaired) electrons. The molecule has 0 amide bonds. The molecule has 130 valence electrons. The van der Waals surface area contributed by atoms with Crippen molar-refractivity contribution in [1.82, 2.24) is 4.68 Å². The monoisotopic (exact) mass is 381 g/mol. The van der Waals surface area contributed by atoms with Crippen molar-refractivity contribution in [3.63, 3.8) is 0 Å². The largest absolute Gasteiger partial charge is 0.497 e. The first-order valence-electron chi connectivity index (χ1n) is 7.87. The minimum atomic E-state index is 0.0705. The van der Waals surface area contributed by atoms with Gasteiger partial charge in [0, 0.05) is 17.4 Å². The van der Waals surface area contributed by atoms with Gasteiger partial charge in [0.25, 0.3) is 0 Å². The summed E-state index contributed by atoms with van der Waals surface area (Å²) in [5.74, 6) is 0.835. The average Bonchev–Trinajstić information content (AvgIpc) is 3.18. The SMILES string of the molecule is COc1ccc2c(c1)C(=Cc1sc(=S)n(Nc3ccccc3)c1O)C=N2. The van der Waals surface area contributed by atoms with Gasteiger partial charge in [0.2, 0.25) is 5.88 Å². The van der Waals surface area contributed by atoms with Crippen LogP contribution in [0.15, 0.2) is 53.5 Å². The number of anilines is 1. The number of rotatable bonds is 4. The van der Waals surface area contributed by atoms with Crippen molar-refractivity contribution in [3.05, 3.63) is 62.9 Å². The zero-order valence-electron chi connectivity index (χ0n) is 13.8. The van der Waals surface area contributed by atoms with Crippen LogP contribution in [-0.4, -0.2) is 23.1 Å². The molecule has 3 aromatic rings. The van der Waals surface area contributed by atoms with Gasteiger partial charge in [-0.3, -0.25) is 10.4 Å². The number of ether oxygens (including phenoxy) is 1. The number of para-hydroxylation sites is 1. The Labute approximate surface area is 159 Å². The lowest BCUT2D eigenvalue weighted by Crippen LogP contribution is -2.07. The van der Waals surface area contributed by atoms with Gasteiger partial charge >= 0.3 is 0 Å². The molecule has 1 aliphatic rings. The van der Waals surface area contributed by atoms with E-state index >= 15 is 0 Å². The molecule has 1 aromatic heterocycles. The molecule has 0 saturated carbocycles. The minimum Gasteiger partial charge on any atom is -0.497 e. The summed E-state index contributed by atoms with van der Waals surface area (Å²) in [5, 5.41) is 10.6. The van der Waals surface area contributed by atoms with Crippen molar-refractivity contribution in [3.8, 4) is 11.6 Å². The summed E-state index contributed by atoms with van der Waals surface area (Å²) in [7, 11) is 1.63. The second kappa shape index (κ2) is 6.78. The topological polar surface area (TPSA) is 58.8 Å². The fourth-order valence-electron chi connectivity index (χ4n) is 2.67. The van der Waals surface area contributed by atoms with E-state index in [9.17, 15) is 5.11 Å². The van der Waals surface area contributed by atoms with Gasteiger partial charge in [0.1, 0.15) is 5.75 Å². The Bertz CT molecular complexity index is 1080. The average molecular weight is 381 g/mol. The van der Waals surface area contributed by atoms with Crippen molar-refractivity contribution in [1.29, 1.82) is 0 Å². The van der Waals surface area contributed by atoms with Gasteiger partial charge in [-0.25, -0.2) is 4.68 Å². The van der Waals surface area contributed by atoms with Gasteiger partial charge in [-0.15, -0.1) is 0 Å². The number of nitrogens with zero attached hydrogens (tertiary/aromatic N) is 2. The maximum atomic E-state index is 10.6. The molecule has 2 aromatic carbocycles. The van der Waals surface area contributed by atoms with Crippen molar-refractivity contribution in [2.24, 2.45) is 4.99 Å². The summed E-state index contributed by atoms with van der Waals surface area (Å²) in [6.07, 6.45) is 3.66. The van der Waals surface area contributed by atoms with Crippen molar-refractivity contribution >= 4 is 52.8 Å². The highest BCUT2D eigenvalue weighted by Gasteiger charge is 2.16. The Morgan fingerprint density at radius 3 is 2.81 bits per heavy atom. The van der Waals surface area contributed by atoms with Gasteiger partial charge in [0.05, 0.1) is 23.4 Å². The number of allylic oxidation sites excluding steroid dienone is 1. The number of thiazole rings is 1. The molecule has 2 N–H and O–H groups in total. The third kappa shape index (κ3) is 3.02. The highest BCUT2D eigenvalue weighted by Crippen LogP contribution is 2.37. The Balaban J connectivity index is 1.71. The zero-order valence-corrected chi connectivity index (χ0v) is 15.5. The molecule has 0 atom stereocenters. The van der Waals surface area contributed by atoms with E-state index in [2.05, 4.69) is 10.4 Å². The molecule has 7 heteroatoms. The molecular weight excluding hydrogens is 366 g/mol. The number of aliphatic imine (C=N–C) groups is 1. The van der Waals surface area contributed by atoms with E-state index in [0.29, 0.717) is 8.83 Å². The summed E-state index contributed by atoms with van der Waals surface area (Å²) in [6, 6.07) is 15.3. The molecule has 0 bridgehead atoms. The Hall–Kier alpha value is -2.90. The highest BCUT2D eigenvalue weighted by atomic mass is 32.1. The van der Waals surface area contributed by atoms with Crippen LogP contribution >= 0.6 is 23.6 Å². The highest BCUT2D eigenvalue weighted by molar-refractivity contribution is 7.73. The standard InChI is InChI=1S/C19H15N3O2S2/c1-24-14-7-8-16-15(10-14)12(11-20-16)9-17-18(23)22(19(25)26-17)21-13-5-3-2-4-6-13/h2-11,21,23H,1H3. The zero-order chi connectivity index (χ0) is 18.1. The van der Waals surface area contributed by atoms with Crippen LogP contribution in [-0.2, 0) is 0 Å². The summed E-state index contributed by atoms with van der Waals surface area (Å²) in [5.41, 5.74) is 6.69. The van der Waals surface area contributed by atoms with Crippen LogP contribution < -0.4 is 10.2 Å². The van der Waals surface area contributed by atoms with Crippen molar-refractivity contribution in [2.45, 2.75) is 0 Å². The maximum Gasteiger partial charge on any atom is 0.230 e. The fourth-order valence-corrected chi connectivity index (χ4v) is 3.85. The van der Waals surface area contributed by atoms with Gasteiger partial charge < -0.3 is 9.84 Å². The summed E-state index contributed by atoms with van der Waals surface area (Å²) < 4.78 is 7.32. The molecule has 0 spiro atoms. The Kier molecular flexibility index (Phi) is 4.32. The minimum absolute atomic E-state index is 0.0705. The molecule has 0 fully saturated rings. The number of nitrogens with one attached hydrogen (secondary N) is 1. The van der Waals surface area contributed by atoms with E-state index in [1.54, 1.807) is 13.3 Å².